The minimum atomic E-state index is 0.564. The molecule has 0 aliphatic carbocycles. The molecular weight excluding hydrogens is 354 g/mol. The Balaban J connectivity index is 1.70. The topological polar surface area (TPSA) is 63.5 Å². The molecule has 128 valence electrons. The molecule has 1 aliphatic rings. The Morgan fingerprint density at radius 2 is 2.20 bits per heavy atom. The quantitative estimate of drug-likeness (QED) is 0.651. The molecule has 6 nitrogen and oxygen atoms in total. The van der Waals surface area contributed by atoms with Gasteiger partial charge < -0.3 is 9.74 Å². The third-order valence-electron chi connectivity index (χ3n) is 3.84. The van der Waals surface area contributed by atoms with Crippen molar-refractivity contribution in [2.45, 2.75) is 13.3 Å². The van der Waals surface area contributed by atoms with Gasteiger partial charge in [-0.2, -0.15) is 0 Å². The zero-order valence-electron chi connectivity index (χ0n) is 14.0. The fraction of sp³-hybridized carbons (Fsp3) is 0.294. The zero-order valence-corrected chi connectivity index (χ0v) is 15.6. The summed E-state index contributed by atoms with van der Waals surface area (Å²) in [5, 5.41) is 7.31. The van der Waals surface area contributed by atoms with Crippen LogP contribution in [0.25, 0.3) is 20.5 Å². The number of anilines is 1. The highest BCUT2D eigenvalue weighted by molar-refractivity contribution is 7.25. The summed E-state index contributed by atoms with van der Waals surface area (Å²) in [7, 11) is 2.09. The van der Waals surface area contributed by atoms with Crippen LogP contribution >= 0.6 is 22.7 Å². The number of thiazole rings is 2. The zero-order chi connectivity index (χ0) is 17.2. The summed E-state index contributed by atoms with van der Waals surface area (Å²) >= 11 is 3.31. The number of rotatable bonds is 4. The number of pyridine rings is 1. The Morgan fingerprint density at radius 1 is 1.28 bits per heavy atom. The Kier molecular flexibility index (Phi) is 4.46. The monoisotopic (exact) mass is 371 g/mol. The highest BCUT2D eigenvalue weighted by Crippen LogP contribution is 2.40. The maximum Gasteiger partial charge on any atom is 0.137 e. The molecule has 3 aromatic rings. The van der Waals surface area contributed by atoms with Crippen LogP contribution in [-0.4, -0.2) is 40.9 Å². The Hall–Kier alpha value is -2.32. The van der Waals surface area contributed by atoms with Crippen LogP contribution in [-0.2, 0) is 4.84 Å². The largest absolute Gasteiger partial charge is 0.396 e. The maximum atomic E-state index is 5.26. The number of fused-ring (bicyclic) bond motifs is 1. The first kappa shape index (κ1) is 16.2. The molecule has 0 unspecified atom stereocenters. The van der Waals surface area contributed by atoms with Crippen molar-refractivity contribution in [2.24, 2.45) is 5.16 Å². The van der Waals surface area contributed by atoms with Crippen molar-refractivity contribution in [3.05, 3.63) is 36.4 Å². The van der Waals surface area contributed by atoms with Crippen LogP contribution in [0, 0.1) is 0 Å². The van der Waals surface area contributed by atoms with Crippen molar-refractivity contribution in [3.63, 3.8) is 0 Å². The van der Waals surface area contributed by atoms with E-state index in [1.165, 1.54) is 0 Å². The number of oxime groups is 1. The lowest BCUT2D eigenvalue weighted by atomic mass is 10.1. The maximum absolute atomic E-state index is 5.26. The van der Waals surface area contributed by atoms with Gasteiger partial charge in [0.15, 0.2) is 0 Å². The van der Waals surface area contributed by atoms with Crippen LogP contribution in [0.3, 0.4) is 0 Å². The molecule has 0 bridgehead atoms. The van der Waals surface area contributed by atoms with Crippen LogP contribution in [0.4, 0.5) is 5.00 Å². The van der Waals surface area contributed by atoms with Gasteiger partial charge in [-0.05, 0) is 19.1 Å². The van der Waals surface area contributed by atoms with Crippen LogP contribution < -0.4 is 4.90 Å². The molecule has 0 radical (unpaired) electrons. The lowest BCUT2D eigenvalue weighted by Gasteiger charge is -2.23. The van der Waals surface area contributed by atoms with E-state index in [0.717, 1.165) is 49.8 Å². The molecule has 0 saturated carbocycles. The summed E-state index contributed by atoms with van der Waals surface area (Å²) in [5.74, 6) is 0. The molecule has 4 rings (SSSR count). The summed E-state index contributed by atoms with van der Waals surface area (Å²) in [6.07, 6.45) is 6.32. The van der Waals surface area contributed by atoms with Gasteiger partial charge in [0.05, 0.1) is 4.88 Å². The Bertz CT molecular complexity index is 903. The van der Waals surface area contributed by atoms with E-state index in [4.69, 9.17) is 9.82 Å². The van der Waals surface area contributed by atoms with E-state index in [-0.39, 0.29) is 0 Å². The Morgan fingerprint density at radius 3 is 3.00 bits per heavy atom. The molecule has 0 atom stereocenters. The molecular formula is C17H17N5OS2. The van der Waals surface area contributed by atoms with Crippen molar-refractivity contribution >= 4 is 33.4 Å². The second kappa shape index (κ2) is 6.89. The summed E-state index contributed by atoms with van der Waals surface area (Å²) in [6.45, 7) is 3.42. The second-order valence-electron chi connectivity index (χ2n) is 5.57. The SMILES string of the molecule is CCO/N=C1\CCN(C)c2sc(-c3cnc(-c4cccnc4)s3)nc21. The van der Waals surface area contributed by atoms with E-state index in [1.807, 2.05) is 31.5 Å². The molecule has 0 spiro atoms. The molecule has 4 heterocycles. The number of hydrogen-bond acceptors (Lipinski definition) is 8. The van der Waals surface area contributed by atoms with E-state index >= 15 is 0 Å². The van der Waals surface area contributed by atoms with E-state index in [1.54, 1.807) is 28.9 Å². The molecule has 0 aromatic carbocycles. The number of nitrogens with zero attached hydrogens (tertiary/aromatic N) is 5. The molecule has 1 aliphatic heterocycles. The lowest BCUT2D eigenvalue weighted by molar-refractivity contribution is 0.158. The summed E-state index contributed by atoms with van der Waals surface area (Å²) in [5.41, 5.74) is 2.88. The van der Waals surface area contributed by atoms with Gasteiger partial charge in [0.2, 0.25) is 0 Å². The minimum Gasteiger partial charge on any atom is -0.396 e. The molecule has 8 heteroatoms. The second-order valence-corrected chi connectivity index (χ2v) is 7.58. The van der Waals surface area contributed by atoms with Gasteiger partial charge in [-0.1, -0.05) is 16.5 Å². The average molecular weight is 371 g/mol. The van der Waals surface area contributed by atoms with E-state index < -0.39 is 0 Å². The van der Waals surface area contributed by atoms with Crippen LogP contribution in [0.15, 0.2) is 35.9 Å². The van der Waals surface area contributed by atoms with Crippen molar-refractivity contribution in [2.75, 3.05) is 25.1 Å². The number of aromatic nitrogens is 3. The summed E-state index contributed by atoms with van der Waals surface area (Å²) in [4.78, 5) is 22.1. The molecule has 0 N–H and O–H groups in total. The Labute approximate surface area is 153 Å². The van der Waals surface area contributed by atoms with E-state index in [2.05, 4.69) is 27.1 Å². The molecule has 0 fully saturated rings. The molecule has 25 heavy (non-hydrogen) atoms. The van der Waals surface area contributed by atoms with Gasteiger partial charge in [0, 0.05) is 44.2 Å². The molecule has 0 amide bonds. The third-order valence-corrected chi connectivity index (χ3v) is 6.23. The minimum absolute atomic E-state index is 0.564. The number of hydrogen-bond donors (Lipinski definition) is 0. The standard InChI is InChI=1S/C17H17N5OS2/c1-3-23-21-12-6-8-22(2)17-14(12)20-16(25-17)13-10-19-15(24-13)11-5-4-7-18-9-11/h4-5,7,9-10H,3,6,8H2,1-2H3/b21-12+. The van der Waals surface area contributed by atoms with Crippen molar-refractivity contribution in [3.8, 4) is 20.5 Å². The normalized spacial score (nSPS) is 15.4. The fourth-order valence-corrected chi connectivity index (χ4v) is 4.61. The van der Waals surface area contributed by atoms with Gasteiger partial charge in [-0.15, -0.1) is 11.3 Å². The molecule has 0 saturated heterocycles. The first-order valence-electron chi connectivity index (χ1n) is 8.04. The van der Waals surface area contributed by atoms with Crippen molar-refractivity contribution in [1.82, 2.24) is 15.0 Å². The van der Waals surface area contributed by atoms with Crippen molar-refractivity contribution in [1.29, 1.82) is 0 Å². The molecule has 3 aromatic heterocycles. The predicted octanol–water partition coefficient (Wildman–Crippen LogP) is 3.91. The first-order chi connectivity index (χ1) is 12.3. The van der Waals surface area contributed by atoms with Crippen LogP contribution in [0.5, 0.6) is 0 Å². The first-order valence-corrected chi connectivity index (χ1v) is 9.67. The lowest BCUT2D eigenvalue weighted by Crippen LogP contribution is -2.27. The van der Waals surface area contributed by atoms with Crippen LogP contribution in [0.1, 0.15) is 19.0 Å². The van der Waals surface area contributed by atoms with Crippen molar-refractivity contribution < 1.29 is 4.84 Å². The van der Waals surface area contributed by atoms with Gasteiger partial charge in [0.25, 0.3) is 0 Å². The van der Waals surface area contributed by atoms with Gasteiger partial charge in [-0.25, -0.2) is 9.97 Å². The highest BCUT2D eigenvalue weighted by Gasteiger charge is 2.26. The smallest absolute Gasteiger partial charge is 0.137 e. The van der Waals surface area contributed by atoms with Gasteiger partial charge in [0.1, 0.15) is 33.0 Å². The fourth-order valence-electron chi connectivity index (χ4n) is 2.58. The van der Waals surface area contributed by atoms with E-state index in [9.17, 15) is 0 Å². The van der Waals surface area contributed by atoms with Crippen LogP contribution in [0.2, 0.25) is 0 Å². The highest BCUT2D eigenvalue weighted by atomic mass is 32.1. The van der Waals surface area contributed by atoms with Gasteiger partial charge in [-0.3, -0.25) is 4.98 Å². The summed E-state index contributed by atoms with van der Waals surface area (Å²) < 4.78 is 0. The third kappa shape index (κ3) is 3.14. The van der Waals surface area contributed by atoms with E-state index in [0.29, 0.717) is 6.61 Å². The van der Waals surface area contributed by atoms with Gasteiger partial charge >= 0.3 is 0 Å². The predicted molar refractivity (Wildman–Crippen MR) is 103 cm³/mol. The average Bonchev–Trinajstić information content (AvgIpc) is 3.30. The summed E-state index contributed by atoms with van der Waals surface area (Å²) in [6, 6.07) is 3.94.